The van der Waals surface area contributed by atoms with Gasteiger partial charge < -0.3 is 10.2 Å². The Morgan fingerprint density at radius 2 is 2.00 bits per heavy atom. The van der Waals surface area contributed by atoms with Gasteiger partial charge in [0, 0.05) is 18.3 Å². The molecule has 1 N–H and O–H groups in total. The molecule has 4 heteroatoms. The summed E-state index contributed by atoms with van der Waals surface area (Å²) in [5, 5.41) is 3.24. The summed E-state index contributed by atoms with van der Waals surface area (Å²) in [4.78, 5) is 13.8. The topological polar surface area (TPSA) is 32.3 Å². The van der Waals surface area contributed by atoms with Gasteiger partial charge in [0.05, 0.1) is 6.04 Å². The molecule has 0 saturated carbocycles. The Morgan fingerprint density at radius 3 is 2.59 bits per heavy atom. The number of anilines is 1. The fourth-order valence-electron chi connectivity index (χ4n) is 2.11. The van der Waals surface area contributed by atoms with Crippen molar-refractivity contribution < 1.29 is 9.18 Å². The molecular weight excluding hydrogens is 219 g/mol. The van der Waals surface area contributed by atoms with Crippen LogP contribution in [0.3, 0.4) is 0 Å². The van der Waals surface area contributed by atoms with Crippen molar-refractivity contribution in [2.24, 2.45) is 0 Å². The van der Waals surface area contributed by atoms with Gasteiger partial charge in [-0.3, -0.25) is 4.79 Å². The van der Waals surface area contributed by atoms with Gasteiger partial charge in [-0.1, -0.05) is 13.8 Å². The molecule has 0 aliphatic carbocycles. The van der Waals surface area contributed by atoms with Crippen molar-refractivity contribution in [1.29, 1.82) is 0 Å². The third kappa shape index (κ3) is 2.64. The van der Waals surface area contributed by atoms with E-state index < -0.39 is 0 Å². The molecule has 0 bridgehead atoms. The molecule has 17 heavy (non-hydrogen) atoms. The summed E-state index contributed by atoms with van der Waals surface area (Å²) in [6.07, 6.45) is 0.800. The molecule has 0 spiro atoms. The van der Waals surface area contributed by atoms with Crippen LogP contribution in [0.2, 0.25) is 0 Å². The Bertz CT molecular complexity index is 402. The monoisotopic (exact) mass is 236 g/mol. The minimum absolute atomic E-state index is 0.0744. The fraction of sp³-hybridized carbons (Fsp3) is 0.462. The maximum Gasteiger partial charge on any atom is 0.244 e. The number of carbonyl (C=O) groups is 1. The summed E-state index contributed by atoms with van der Waals surface area (Å²) in [6, 6.07) is 6.23. The third-order valence-corrected chi connectivity index (χ3v) is 2.88. The number of benzene rings is 1. The van der Waals surface area contributed by atoms with Gasteiger partial charge in [-0.15, -0.1) is 0 Å². The molecule has 1 amide bonds. The lowest BCUT2D eigenvalue weighted by Gasteiger charge is -2.18. The Hall–Kier alpha value is -1.42. The zero-order valence-electron chi connectivity index (χ0n) is 10.1. The smallest absolute Gasteiger partial charge is 0.244 e. The lowest BCUT2D eigenvalue weighted by atomic mass is 10.2. The molecule has 1 atom stereocenters. The van der Waals surface area contributed by atoms with Crippen LogP contribution in [0.5, 0.6) is 0 Å². The van der Waals surface area contributed by atoms with E-state index in [0.717, 1.165) is 12.1 Å². The largest absolute Gasteiger partial charge is 0.311 e. The average Bonchev–Trinajstić information content (AvgIpc) is 2.61. The van der Waals surface area contributed by atoms with Crippen molar-refractivity contribution in [2.75, 3.05) is 11.4 Å². The summed E-state index contributed by atoms with van der Waals surface area (Å²) in [5.74, 6) is -0.206. The quantitative estimate of drug-likeness (QED) is 0.869. The van der Waals surface area contributed by atoms with Crippen molar-refractivity contribution in [3.63, 3.8) is 0 Å². The summed E-state index contributed by atoms with van der Waals surface area (Å²) < 4.78 is 12.8. The molecule has 92 valence electrons. The predicted octanol–water partition coefficient (Wildman–Crippen LogP) is 1.93. The number of rotatable bonds is 3. The highest BCUT2D eigenvalue weighted by atomic mass is 19.1. The highest BCUT2D eigenvalue weighted by molar-refractivity contribution is 5.99. The number of halogens is 1. The summed E-state index contributed by atoms with van der Waals surface area (Å²) >= 11 is 0. The summed E-state index contributed by atoms with van der Waals surface area (Å²) in [5.41, 5.74) is 0.768. The summed E-state index contributed by atoms with van der Waals surface area (Å²) in [6.45, 7) is 4.73. The van der Waals surface area contributed by atoms with Gasteiger partial charge in [-0.25, -0.2) is 4.39 Å². The van der Waals surface area contributed by atoms with Crippen molar-refractivity contribution in [2.45, 2.75) is 32.4 Å². The maximum absolute atomic E-state index is 12.8. The third-order valence-electron chi connectivity index (χ3n) is 2.88. The Balaban J connectivity index is 2.09. The number of nitrogens with one attached hydrogen (secondary N) is 1. The first-order valence-corrected chi connectivity index (χ1v) is 5.91. The van der Waals surface area contributed by atoms with Crippen LogP contribution in [0.25, 0.3) is 0 Å². The number of hydrogen-bond donors (Lipinski definition) is 1. The first-order valence-electron chi connectivity index (χ1n) is 5.91. The van der Waals surface area contributed by atoms with Gasteiger partial charge in [-0.05, 0) is 30.7 Å². The zero-order valence-corrected chi connectivity index (χ0v) is 10.1. The molecule has 1 aromatic carbocycles. The Kier molecular flexibility index (Phi) is 3.43. The van der Waals surface area contributed by atoms with Crippen LogP contribution < -0.4 is 10.2 Å². The Labute approximate surface area is 101 Å². The van der Waals surface area contributed by atoms with E-state index in [1.807, 2.05) is 13.8 Å². The number of carbonyl (C=O) groups excluding carboxylic acids is 1. The molecular formula is C13H17FN2O. The van der Waals surface area contributed by atoms with Gasteiger partial charge in [0.25, 0.3) is 0 Å². The van der Waals surface area contributed by atoms with Crippen LogP contribution >= 0.6 is 0 Å². The number of nitrogens with zero attached hydrogens (tertiary/aromatic N) is 1. The molecule has 1 fully saturated rings. The van der Waals surface area contributed by atoms with Crippen LogP contribution in [0, 0.1) is 5.82 Å². The lowest BCUT2D eigenvalue weighted by molar-refractivity contribution is -0.118. The van der Waals surface area contributed by atoms with Gasteiger partial charge in [0.15, 0.2) is 0 Å². The minimum atomic E-state index is -0.280. The SMILES string of the molecule is CC(C)NC1CCN(c2ccc(F)cc2)C1=O. The number of hydrogen-bond acceptors (Lipinski definition) is 2. The highest BCUT2D eigenvalue weighted by Crippen LogP contribution is 2.21. The molecule has 1 aliphatic heterocycles. The van der Waals surface area contributed by atoms with E-state index in [0.29, 0.717) is 6.54 Å². The van der Waals surface area contributed by atoms with E-state index in [2.05, 4.69) is 5.32 Å². The first kappa shape index (κ1) is 12.0. The maximum atomic E-state index is 12.8. The van der Waals surface area contributed by atoms with E-state index in [4.69, 9.17) is 0 Å². The van der Waals surface area contributed by atoms with E-state index in [-0.39, 0.29) is 23.8 Å². The van der Waals surface area contributed by atoms with E-state index in [9.17, 15) is 9.18 Å². The molecule has 0 radical (unpaired) electrons. The van der Waals surface area contributed by atoms with Gasteiger partial charge in [0.1, 0.15) is 5.82 Å². The Morgan fingerprint density at radius 1 is 1.35 bits per heavy atom. The standard InChI is InChI=1S/C13H17FN2O/c1-9(2)15-12-7-8-16(13(12)17)11-5-3-10(14)4-6-11/h3-6,9,12,15H,7-8H2,1-2H3. The van der Waals surface area contributed by atoms with Crippen molar-refractivity contribution in [3.8, 4) is 0 Å². The van der Waals surface area contributed by atoms with Crippen molar-refractivity contribution in [3.05, 3.63) is 30.1 Å². The van der Waals surface area contributed by atoms with E-state index in [1.54, 1.807) is 17.0 Å². The number of amides is 1. The second kappa shape index (κ2) is 4.84. The second-order valence-electron chi connectivity index (χ2n) is 4.63. The molecule has 3 nitrogen and oxygen atoms in total. The minimum Gasteiger partial charge on any atom is -0.311 e. The molecule has 2 rings (SSSR count). The molecule has 1 heterocycles. The van der Waals surface area contributed by atoms with E-state index >= 15 is 0 Å². The summed E-state index contributed by atoms with van der Waals surface area (Å²) in [7, 11) is 0. The van der Waals surface area contributed by atoms with Gasteiger partial charge in [0.2, 0.25) is 5.91 Å². The second-order valence-corrected chi connectivity index (χ2v) is 4.63. The van der Waals surface area contributed by atoms with Crippen molar-refractivity contribution >= 4 is 11.6 Å². The first-order chi connectivity index (χ1) is 8.08. The normalized spacial score (nSPS) is 20.4. The fourth-order valence-corrected chi connectivity index (χ4v) is 2.11. The van der Waals surface area contributed by atoms with Gasteiger partial charge in [-0.2, -0.15) is 0 Å². The molecule has 1 aromatic rings. The lowest BCUT2D eigenvalue weighted by Crippen LogP contribution is -2.41. The highest BCUT2D eigenvalue weighted by Gasteiger charge is 2.32. The molecule has 0 aromatic heterocycles. The van der Waals surface area contributed by atoms with Gasteiger partial charge >= 0.3 is 0 Å². The predicted molar refractivity (Wildman–Crippen MR) is 65.4 cm³/mol. The van der Waals surface area contributed by atoms with Crippen molar-refractivity contribution in [1.82, 2.24) is 5.32 Å². The zero-order chi connectivity index (χ0) is 12.4. The van der Waals surface area contributed by atoms with Crippen LogP contribution in [-0.2, 0) is 4.79 Å². The van der Waals surface area contributed by atoms with Crippen LogP contribution in [0.1, 0.15) is 20.3 Å². The molecule has 1 saturated heterocycles. The van der Waals surface area contributed by atoms with E-state index in [1.165, 1.54) is 12.1 Å². The van der Waals surface area contributed by atoms with Crippen LogP contribution in [-0.4, -0.2) is 24.5 Å². The molecule has 1 aliphatic rings. The van der Waals surface area contributed by atoms with Crippen LogP contribution in [0.4, 0.5) is 10.1 Å². The average molecular weight is 236 g/mol. The molecule has 1 unspecified atom stereocenters. The van der Waals surface area contributed by atoms with Crippen LogP contribution in [0.15, 0.2) is 24.3 Å².